The van der Waals surface area contributed by atoms with E-state index in [0.29, 0.717) is 0 Å². The number of ether oxygens (including phenoxy) is 3. The molecule has 140 valence electrons. The summed E-state index contributed by atoms with van der Waals surface area (Å²) in [7, 11) is 5.09. The summed E-state index contributed by atoms with van der Waals surface area (Å²) in [5, 5.41) is 6.70. The number of morpholine rings is 1. The molecule has 1 fully saturated rings. The van der Waals surface area contributed by atoms with Crippen LogP contribution < -0.4 is 20.1 Å². The maximum absolute atomic E-state index is 5.36. The van der Waals surface area contributed by atoms with Crippen LogP contribution in [0.1, 0.15) is 5.56 Å². The number of hydrogen-bond acceptors (Lipinski definition) is 5. The van der Waals surface area contributed by atoms with E-state index in [1.165, 1.54) is 5.56 Å². The highest BCUT2D eigenvalue weighted by Gasteiger charge is 2.09. The molecule has 2 N–H and O–H groups in total. The molecule has 0 atom stereocenters. The molecule has 0 saturated carbocycles. The van der Waals surface area contributed by atoms with Gasteiger partial charge in [0.05, 0.1) is 27.4 Å². The lowest BCUT2D eigenvalue weighted by molar-refractivity contribution is 0.0389. The van der Waals surface area contributed by atoms with Crippen molar-refractivity contribution in [2.75, 3.05) is 67.2 Å². The van der Waals surface area contributed by atoms with Crippen LogP contribution in [-0.2, 0) is 11.2 Å². The van der Waals surface area contributed by atoms with Crippen LogP contribution in [0.2, 0.25) is 0 Å². The second-order valence-electron chi connectivity index (χ2n) is 5.82. The van der Waals surface area contributed by atoms with Gasteiger partial charge in [0.1, 0.15) is 0 Å². The van der Waals surface area contributed by atoms with Gasteiger partial charge in [-0.1, -0.05) is 6.07 Å². The molecule has 1 aliphatic rings. The molecule has 0 bridgehead atoms. The van der Waals surface area contributed by atoms with Gasteiger partial charge in [-0.25, -0.2) is 0 Å². The van der Waals surface area contributed by atoms with E-state index in [1.807, 2.05) is 12.1 Å². The van der Waals surface area contributed by atoms with Gasteiger partial charge in [0.15, 0.2) is 17.5 Å². The summed E-state index contributed by atoms with van der Waals surface area (Å²) in [5.41, 5.74) is 1.19. The van der Waals surface area contributed by atoms with E-state index in [0.717, 1.165) is 69.8 Å². The van der Waals surface area contributed by atoms with Crippen LogP contribution in [0, 0.1) is 0 Å². The number of guanidine groups is 1. The van der Waals surface area contributed by atoms with E-state index in [2.05, 4.69) is 26.6 Å². The number of nitrogens with zero attached hydrogens (tertiary/aromatic N) is 2. The fraction of sp³-hybridized carbons (Fsp3) is 0.611. The second kappa shape index (κ2) is 10.8. The first-order valence-electron chi connectivity index (χ1n) is 8.72. The van der Waals surface area contributed by atoms with Crippen molar-refractivity contribution in [2.45, 2.75) is 6.42 Å². The molecule has 7 nitrogen and oxygen atoms in total. The molecule has 2 rings (SSSR count). The van der Waals surface area contributed by atoms with Gasteiger partial charge in [0.25, 0.3) is 0 Å². The molecule has 1 saturated heterocycles. The van der Waals surface area contributed by atoms with Gasteiger partial charge >= 0.3 is 0 Å². The molecular formula is C18H30N4O3. The van der Waals surface area contributed by atoms with E-state index in [4.69, 9.17) is 14.2 Å². The summed E-state index contributed by atoms with van der Waals surface area (Å²) in [6.07, 6.45) is 0.879. The standard InChI is InChI=1S/C18H30N4O3/c1-19-18(21-8-9-22-10-12-25-13-11-22)20-7-6-15-4-5-16(23-2)17(14-15)24-3/h4-5,14H,6-13H2,1-3H3,(H2,19,20,21). The fourth-order valence-corrected chi connectivity index (χ4v) is 2.74. The Morgan fingerprint density at radius 2 is 1.84 bits per heavy atom. The molecule has 1 aliphatic heterocycles. The van der Waals surface area contributed by atoms with E-state index in [1.54, 1.807) is 21.3 Å². The predicted octanol–water partition coefficient (Wildman–Crippen LogP) is 0.744. The van der Waals surface area contributed by atoms with Crippen LogP contribution in [0.25, 0.3) is 0 Å². The van der Waals surface area contributed by atoms with Crippen LogP contribution in [-0.4, -0.2) is 78.1 Å². The smallest absolute Gasteiger partial charge is 0.191 e. The molecule has 25 heavy (non-hydrogen) atoms. The molecule has 0 radical (unpaired) electrons. The monoisotopic (exact) mass is 350 g/mol. The van der Waals surface area contributed by atoms with Gasteiger partial charge in [0, 0.05) is 39.8 Å². The summed E-state index contributed by atoms with van der Waals surface area (Å²) in [6, 6.07) is 6.00. The largest absolute Gasteiger partial charge is 0.493 e. The summed E-state index contributed by atoms with van der Waals surface area (Å²) in [5.74, 6) is 2.33. The SMILES string of the molecule is CN=C(NCCc1ccc(OC)c(OC)c1)NCCN1CCOCC1. The second-order valence-corrected chi connectivity index (χ2v) is 5.82. The Balaban J connectivity index is 1.70. The number of hydrogen-bond donors (Lipinski definition) is 2. The number of methoxy groups -OCH3 is 2. The zero-order valence-electron chi connectivity index (χ0n) is 15.5. The van der Waals surface area contributed by atoms with Gasteiger partial charge in [-0.2, -0.15) is 0 Å². The Labute approximate surface area is 150 Å². The Hall–Kier alpha value is -1.99. The van der Waals surface area contributed by atoms with Crippen molar-refractivity contribution in [3.8, 4) is 11.5 Å². The van der Waals surface area contributed by atoms with E-state index in [9.17, 15) is 0 Å². The van der Waals surface area contributed by atoms with Gasteiger partial charge in [-0.05, 0) is 24.1 Å². The first-order chi connectivity index (χ1) is 12.3. The van der Waals surface area contributed by atoms with E-state index in [-0.39, 0.29) is 0 Å². The molecular weight excluding hydrogens is 320 g/mol. The number of rotatable bonds is 8. The molecule has 7 heteroatoms. The molecule has 0 spiro atoms. The zero-order chi connectivity index (χ0) is 17.9. The maximum atomic E-state index is 5.36. The highest BCUT2D eigenvalue weighted by molar-refractivity contribution is 5.79. The Morgan fingerprint density at radius 3 is 2.52 bits per heavy atom. The Kier molecular flexibility index (Phi) is 8.34. The Bertz CT molecular complexity index is 545. The third kappa shape index (κ3) is 6.43. The van der Waals surface area contributed by atoms with Gasteiger partial charge in [0.2, 0.25) is 0 Å². The predicted molar refractivity (Wildman–Crippen MR) is 99.9 cm³/mol. The van der Waals surface area contributed by atoms with Gasteiger partial charge in [-0.3, -0.25) is 9.89 Å². The first-order valence-corrected chi connectivity index (χ1v) is 8.72. The third-order valence-electron chi connectivity index (χ3n) is 4.20. The lowest BCUT2D eigenvalue weighted by atomic mass is 10.1. The van der Waals surface area contributed by atoms with E-state index < -0.39 is 0 Å². The Morgan fingerprint density at radius 1 is 1.12 bits per heavy atom. The topological polar surface area (TPSA) is 67.4 Å². The lowest BCUT2D eigenvalue weighted by Crippen LogP contribution is -2.44. The first kappa shape index (κ1) is 19.3. The maximum Gasteiger partial charge on any atom is 0.191 e. The number of nitrogens with one attached hydrogen (secondary N) is 2. The minimum Gasteiger partial charge on any atom is -0.493 e. The van der Waals surface area contributed by atoms with Crippen molar-refractivity contribution in [1.82, 2.24) is 15.5 Å². The van der Waals surface area contributed by atoms with Crippen molar-refractivity contribution >= 4 is 5.96 Å². The minimum absolute atomic E-state index is 0.750. The summed E-state index contributed by atoms with van der Waals surface area (Å²) in [6.45, 7) is 6.35. The molecule has 1 heterocycles. The van der Waals surface area contributed by atoms with Crippen molar-refractivity contribution in [3.05, 3.63) is 23.8 Å². The van der Waals surface area contributed by atoms with Crippen LogP contribution in [0.5, 0.6) is 11.5 Å². The lowest BCUT2D eigenvalue weighted by Gasteiger charge is -2.26. The molecule has 0 amide bonds. The van der Waals surface area contributed by atoms with Crippen LogP contribution in [0.3, 0.4) is 0 Å². The van der Waals surface area contributed by atoms with Crippen LogP contribution in [0.15, 0.2) is 23.2 Å². The quantitative estimate of drug-likeness (QED) is 0.533. The van der Waals surface area contributed by atoms with Crippen LogP contribution in [0.4, 0.5) is 0 Å². The fourth-order valence-electron chi connectivity index (χ4n) is 2.74. The average molecular weight is 350 g/mol. The highest BCUT2D eigenvalue weighted by atomic mass is 16.5. The van der Waals surface area contributed by atoms with Crippen molar-refractivity contribution < 1.29 is 14.2 Å². The molecule has 0 aromatic heterocycles. The number of benzene rings is 1. The summed E-state index contributed by atoms with van der Waals surface area (Å²) in [4.78, 5) is 6.67. The van der Waals surface area contributed by atoms with Gasteiger partial charge < -0.3 is 24.8 Å². The van der Waals surface area contributed by atoms with E-state index >= 15 is 0 Å². The molecule has 0 unspecified atom stereocenters. The van der Waals surface area contributed by atoms with Gasteiger partial charge in [-0.15, -0.1) is 0 Å². The van der Waals surface area contributed by atoms with Crippen molar-refractivity contribution in [2.24, 2.45) is 4.99 Å². The number of aliphatic imine (C=N–C) groups is 1. The average Bonchev–Trinajstić information content (AvgIpc) is 2.67. The normalized spacial score (nSPS) is 15.7. The molecule has 1 aromatic carbocycles. The summed E-state index contributed by atoms with van der Waals surface area (Å²) >= 11 is 0. The minimum atomic E-state index is 0.750. The van der Waals surface area contributed by atoms with Crippen molar-refractivity contribution in [3.63, 3.8) is 0 Å². The van der Waals surface area contributed by atoms with Crippen LogP contribution >= 0.6 is 0 Å². The molecule has 0 aliphatic carbocycles. The third-order valence-corrected chi connectivity index (χ3v) is 4.20. The highest BCUT2D eigenvalue weighted by Crippen LogP contribution is 2.27. The molecule has 1 aromatic rings. The summed E-state index contributed by atoms with van der Waals surface area (Å²) < 4.78 is 16.0. The van der Waals surface area contributed by atoms with Crippen molar-refractivity contribution in [1.29, 1.82) is 0 Å². The zero-order valence-corrected chi connectivity index (χ0v) is 15.5.